The van der Waals surface area contributed by atoms with Crippen molar-refractivity contribution in [1.82, 2.24) is 19.8 Å². The Hall–Kier alpha value is -4.03. The largest absolute Gasteiger partial charge is 0.462 e. The third-order valence-corrected chi connectivity index (χ3v) is 9.16. The van der Waals surface area contributed by atoms with Gasteiger partial charge in [-0.15, -0.1) is 0 Å². The number of aromatic nitrogens is 2. The topological polar surface area (TPSA) is 66.2 Å². The lowest BCUT2D eigenvalue weighted by Gasteiger charge is -2.39. The zero-order valence-corrected chi connectivity index (χ0v) is 24.4. The van der Waals surface area contributed by atoms with Gasteiger partial charge >= 0.3 is 6.01 Å². The SMILES string of the molecule is [C-]#[N+]C[C@H]1CN(c2nc(OC[C@@H]3CCCN3C)nc3cc(-c4cccc5c4C(C)CC5)ccc23)CCN1C(=O)C(=C)F. The summed E-state index contributed by atoms with van der Waals surface area (Å²) in [5.74, 6) is -0.550. The second-order valence-corrected chi connectivity index (χ2v) is 11.8. The molecular formula is C33H37FN6O2. The van der Waals surface area contributed by atoms with E-state index >= 15 is 0 Å². The number of likely N-dealkylation sites (N-methyl/N-ethyl adjacent to an activating group) is 1. The first-order chi connectivity index (χ1) is 20.3. The lowest BCUT2D eigenvalue weighted by molar-refractivity contribution is -0.131. The van der Waals surface area contributed by atoms with Gasteiger partial charge in [0.25, 0.3) is 5.91 Å². The van der Waals surface area contributed by atoms with Crippen LogP contribution >= 0.6 is 0 Å². The Morgan fingerprint density at radius 2 is 2.02 bits per heavy atom. The van der Waals surface area contributed by atoms with Crippen LogP contribution in [0.5, 0.6) is 6.01 Å². The summed E-state index contributed by atoms with van der Waals surface area (Å²) in [5.41, 5.74) is 5.98. The van der Waals surface area contributed by atoms with Crippen LogP contribution in [-0.4, -0.2) is 84.1 Å². The van der Waals surface area contributed by atoms with Crippen LogP contribution in [0.25, 0.3) is 26.9 Å². The van der Waals surface area contributed by atoms with Gasteiger partial charge in [0, 0.05) is 31.1 Å². The summed E-state index contributed by atoms with van der Waals surface area (Å²) in [4.78, 5) is 31.6. The van der Waals surface area contributed by atoms with Gasteiger partial charge in [0.1, 0.15) is 18.5 Å². The van der Waals surface area contributed by atoms with Gasteiger partial charge in [-0.05, 0) is 79.6 Å². The Bertz CT molecular complexity index is 1570. The summed E-state index contributed by atoms with van der Waals surface area (Å²) < 4.78 is 20.0. The van der Waals surface area contributed by atoms with Crippen molar-refractivity contribution in [3.05, 3.63) is 71.3 Å². The molecule has 1 amide bonds. The summed E-state index contributed by atoms with van der Waals surface area (Å²) in [5, 5.41) is 0.876. The minimum absolute atomic E-state index is 0.0668. The maximum Gasteiger partial charge on any atom is 0.319 e. The van der Waals surface area contributed by atoms with E-state index in [1.54, 1.807) is 0 Å². The molecule has 3 atom stereocenters. The molecule has 0 saturated carbocycles. The van der Waals surface area contributed by atoms with E-state index in [0.717, 1.165) is 48.7 Å². The first kappa shape index (κ1) is 28.1. The van der Waals surface area contributed by atoms with E-state index in [-0.39, 0.29) is 13.1 Å². The number of aryl methyl sites for hydroxylation is 1. The van der Waals surface area contributed by atoms with Crippen LogP contribution in [0.1, 0.15) is 43.2 Å². The average Bonchev–Trinajstić information content (AvgIpc) is 3.59. The summed E-state index contributed by atoms with van der Waals surface area (Å²) >= 11 is 0. The number of halogens is 1. The number of fused-ring (bicyclic) bond motifs is 2. The average molecular weight is 569 g/mol. The van der Waals surface area contributed by atoms with Gasteiger partial charge in [0.05, 0.1) is 5.52 Å². The molecule has 2 aliphatic heterocycles. The third-order valence-electron chi connectivity index (χ3n) is 9.16. The maximum absolute atomic E-state index is 13.8. The van der Waals surface area contributed by atoms with Crippen molar-refractivity contribution >= 4 is 22.6 Å². The lowest BCUT2D eigenvalue weighted by Crippen LogP contribution is -2.56. The van der Waals surface area contributed by atoms with Gasteiger partial charge in [-0.1, -0.05) is 37.8 Å². The molecular weight excluding hydrogens is 531 g/mol. The van der Waals surface area contributed by atoms with E-state index in [9.17, 15) is 9.18 Å². The Morgan fingerprint density at radius 3 is 2.79 bits per heavy atom. The summed E-state index contributed by atoms with van der Waals surface area (Å²) in [6, 6.07) is 13.0. The minimum atomic E-state index is -1.01. The Kier molecular flexibility index (Phi) is 7.82. The van der Waals surface area contributed by atoms with Crippen molar-refractivity contribution in [2.24, 2.45) is 0 Å². The Morgan fingerprint density at radius 1 is 1.17 bits per heavy atom. The fraction of sp³-hybridized carbons (Fsp3) is 0.455. The van der Waals surface area contributed by atoms with E-state index in [2.05, 4.69) is 71.6 Å². The highest BCUT2D eigenvalue weighted by Gasteiger charge is 2.35. The molecule has 2 saturated heterocycles. The number of anilines is 1. The fourth-order valence-corrected chi connectivity index (χ4v) is 6.84. The zero-order valence-electron chi connectivity index (χ0n) is 24.4. The Labute approximate surface area is 246 Å². The quantitative estimate of drug-likeness (QED) is 0.287. The minimum Gasteiger partial charge on any atom is -0.462 e. The summed E-state index contributed by atoms with van der Waals surface area (Å²) in [7, 11) is 2.11. The standard InChI is InChI=1S/C33H37FN6O2/c1-21-10-11-23-7-5-9-27(30(21)23)24-12-13-28-29(17-24)36-33(42-20-25-8-6-14-38(25)4)37-31(28)39-15-16-40(32(41)22(2)34)26(19-39)18-35-3/h5,7,9,12-13,17,21,25-26H,2,6,8,10-11,14-16,18-20H2,1,4H3/t21?,25-,26-/m0/s1. The van der Waals surface area contributed by atoms with Gasteiger partial charge < -0.3 is 24.3 Å². The molecule has 3 aliphatic rings. The second kappa shape index (κ2) is 11.7. The summed E-state index contributed by atoms with van der Waals surface area (Å²) in [6.45, 7) is 15.6. The molecule has 1 aliphatic carbocycles. The first-order valence-electron chi connectivity index (χ1n) is 14.8. The monoisotopic (exact) mass is 568 g/mol. The van der Waals surface area contributed by atoms with Gasteiger partial charge in [0.15, 0.2) is 5.83 Å². The fourth-order valence-electron chi connectivity index (χ4n) is 6.84. The van der Waals surface area contributed by atoms with Crippen LogP contribution in [-0.2, 0) is 11.2 Å². The number of piperazine rings is 1. The van der Waals surface area contributed by atoms with Crippen molar-refractivity contribution in [3.8, 4) is 17.1 Å². The second-order valence-electron chi connectivity index (χ2n) is 11.8. The zero-order chi connectivity index (χ0) is 29.4. The van der Waals surface area contributed by atoms with Crippen molar-refractivity contribution in [2.75, 3.05) is 51.3 Å². The predicted octanol–water partition coefficient (Wildman–Crippen LogP) is 5.24. The molecule has 2 aromatic carbocycles. The van der Waals surface area contributed by atoms with E-state index < -0.39 is 17.8 Å². The number of hydrogen-bond acceptors (Lipinski definition) is 6. The highest BCUT2D eigenvalue weighted by Crippen LogP contribution is 2.41. The number of likely N-dealkylation sites (tertiary alicyclic amines) is 1. The van der Waals surface area contributed by atoms with Crippen molar-refractivity contribution < 1.29 is 13.9 Å². The molecule has 9 heteroatoms. The van der Waals surface area contributed by atoms with Crippen LogP contribution in [0, 0.1) is 6.57 Å². The third kappa shape index (κ3) is 5.32. The van der Waals surface area contributed by atoms with Crippen LogP contribution in [0.4, 0.5) is 10.2 Å². The van der Waals surface area contributed by atoms with Gasteiger partial charge in [-0.2, -0.15) is 9.97 Å². The van der Waals surface area contributed by atoms with Crippen LogP contribution in [0.15, 0.2) is 48.8 Å². The molecule has 0 spiro atoms. The summed E-state index contributed by atoms with van der Waals surface area (Å²) in [6.07, 6.45) is 4.49. The molecule has 8 nitrogen and oxygen atoms in total. The van der Waals surface area contributed by atoms with Gasteiger partial charge in [0.2, 0.25) is 6.54 Å². The van der Waals surface area contributed by atoms with Crippen molar-refractivity contribution in [2.45, 2.75) is 50.6 Å². The number of rotatable bonds is 7. The van der Waals surface area contributed by atoms with E-state index in [4.69, 9.17) is 21.3 Å². The molecule has 2 fully saturated rings. The number of benzene rings is 2. The first-order valence-corrected chi connectivity index (χ1v) is 14.8. The number of hydrogen-bond donors (Lipinski definition) is 0. The van der Waals surface area contributed by atoms with Crippen LogP contribution < -0.4 is 9.64 Å². The predicted molar refractivity (Wildman–Crippen MR) is 162 cm³/mol. The highest BCUT2D eigenvalue weighted by atomic mass is 19.1. The van der Waals surface area contributed by atoms with Gasteiger partial charge in [-0.3, -0.25) is 4.79 Å². The molecule has 0 radical (unpaired) electrons. The highest BCUT2D eigenvalue weighted by molar-refractivity contribution is 5.94. The van der Waals surface area contributed by atoms with E-state index in [0.29, 0.717) is 43.5 Å². The number of carbonyl (C=O) groups is 1. The van der Waals surface area contributed by atoms with Crippen LogP contribution in [0.3, 0.4) is 0 Å². The molecule has 1 aromatic heterocycles. The van der Waals surface area contributed by atoms with E-state index in [1.165, 1.54) is 21.6 Å². The molecule has 42 heavy (non-hydrogen) atoms. The van der Waals surface area contributed by atoms with Crippen molar-refractivity contribution in [1.29, 1.82) is 0 Å². The molecule has 0 N–H and O–H groups in total. The Balaban J connectivity index is 1.39. The normalized spacial score (nSPS) is 22.3. The molecule has 0 bridgehead atoms. The molecule has 3 aromatic rings. The van der Waals surface area contributed by atoms with Crippen molar-refractivity contribution in [3.63, 3.8) is 0 Å². The number of amides is 1. The molecule has 218 valence electrons. The van der Waals surface area contributed by atoms with E-state index in [1.807, 2.05) is 0 Å². The number of carbonyl (C=O) groups excluding carboxylic acids is 1. The molecule has 3 heterocycles. The van der Waals surface area contributed by atoms with Crippen LogP contribution in [0.2, 0.25) is 0 Å². The smallest absolute Gasteiger partial charge is 0.319 e. The number of nitrogens with zero attached hydrogens (tertiary/aromatic N) is 6. The maximum atomic E-state index is 13.8. The van der Waals surface area contributed by atoms with Gasteiger partial charge in [-0.25, -0.2) is 11.0 Å². The molecule has 1 unspecified atom stereocenters. The number of ether oxygens (including phenoxy) is 1. The lowest BCUT2D eigenvalue weighted by atomic mass is 9.92. The molecule has 6 rings (SSSR count).